The summed E-state index contributed by atoms with van der Waals surface area (Å²) in [6.45, 7) is 1.67. The molecule has 4 heteroatoms. The quantitative estimate of drug-likeness (QED) is 0.492. The third-order valence-electron chi connectivity index (χ3n) is 2.25. The number of carbonyl (C=O) groups is 1. The average Bonchev–Trinajstić information content (AvgIpc) is 2.27. The molecule has 4 nitrogen and oxygen atoms in total. The molecule has 2 unspecified atom stereocenters. The highest BCUT2D eigenvalue weighted by Gasteiger charge is 2.21. The van der Waals surface area contributed by atoms with Gasteiger partial charge in [-0.3, -0.25) is 10.0 Å². The zero-order valence-corrected chi connectivity index (χ0v) is 7.97. The van der Waals surface area contributed by atoms with Crippen molar-refractivity contribution in [2.45, 2.75) is 13.0 Å². The third-order valence-corrected chi connectivity index (χ3v) is 2.25. The highest BCUT2D eigenvalue weighted by molar-refractivity contribution is 5.78. The fraction of sp³-hybridized carbons (Fsp3) is 0.300. The lowest BCUT2D eigenvalue weighted by atomic mass is 9.95. The van der Waals surface area contributed by atoms with E-state index in [-0.39, 0.29) is 0 Å². The first-order chi connectivity index (χ1) is 6.66. The van der Waals surface area contributed by atoms with Crippen LogP contribution in [0.15, 0.2) is 30.3 Å². The van der Waals surface area contributed by atoms with Gasteiger partial charge in [-0.2, -0.15) is 0 Å². The van der Waals surface area contributed by atoms with Gasteiger partial charge in [0.05, 0.1) is 5.92 Å². The van der Waals surface area contributed by atoms with Crippen molar-refractivity contribution in [3.63, 3.8) is 0 Å². The van der Waals surface area contributed by atoms with Gasteiger partial charge < -0.3 is 5.73 Å². The van der Waals surface area contributed by atoms with E-state index in [0.717, 1.165) is 5.56 Å². The first-order valence-electron chi connectivity index (χ1n) is 4.41. The number of carbonyl (C=O) groups excluding carboxylic acids is 1. The van der Waals surface area contributed by atoms with Crippen molar-refractivity contribution >= 4 is 5.91 Å². The number of hydrogen-bond acceptors (Lipinski definition) is 3. The standard InChI is InChI=1S/C10H14N2O2/c1-7(10(13)12-14)9(11)8-5-3-2-4-6-8/h2-7,9,14H,11H2,1H3,(H,12,13). The average molecular weight is 194 g/mol. The van der Waals surface area contributed by atoms with Crippen LogP contribution in [-0.4, -0.2) is 11.1 Å². The summed E-state index contributed by atoms with van der Waals surface area (Å²) in [5.74, 6) is -0.927. The summed E-state index contributed by atoms with van der Waals surface area (Å²) in [6, 6.07) is 8.91. The van der Waals surface area contributed by atoms with Crippen molar-refractivity contribution in [2.24, 2.45) is 11.7 Å². The second-order valence-corrected chi connectivity index (χ2v) is 3.20. The molecular weight excluding hydrogens is 180 g/mol. The summed E-state index contributed by atoms with van der Waals surface area (Å²) in [5.41, 5.74) is 8.32. The largest absolute Gasteiger partial charge is 0.323 e. The maximum atomic E-state index is 11.1. The summed E-state index contributed by atoms with van der Waals surface area (Å²) < 4.78 is 0. The molecule has 1 aromatic rings. The van der Waals surface area contributed by atoms with Gasteiger partial charge >= 0.3 is 0 Å². The molecule has 76 valence electrons. The number of hydrogen-bond donors (Lipinski definition) is 3. The Bertz CT molecular complexity index is 300. The molecule has 0 aliphatic heterocycles. The van der Waals surface area contributed by atoms with Crippen LogP contribution in [0.2, 0.25) is 0 Å². The Kier molecular flexibility index (Phi) is 3.62. The number of benzene rings is 1. The first-order valence-corrected chi connectivity index (χ1v) is 4.41. The topological polar surface area (TPSA) is 75.3 Å². The van der Waals surface area contributed by atoms with E-state index < -0.39 is 17.9 Å². The van der Waals surface area contributed by atoms with Gasteiger partial charge in [0.15, 0.2) is 0 Å². The van der Waals surface area contributed by atoms with E-state index in [4.69, 9.17) is 10.9 Å². The maximum Gasteiger partial charge on any atom is 0.248 e. The van der Waals surface area contributed by atoms with Crippen molar-refractivity contribution in [1.82, 2.24) is 5.48 Å². The molecular formula is C10H14N2O2. The van der Waals surface area contributed by atoms with Crippen LogP contribution >= 0.6 is 0 Å². The number of nitrogens with one attached hydrogen (secondary N) is 1. The van der Waals surface area contributed by atoms with Gasteiger partial charge in [-0.25, -0.2) is 5.48 Å². The fourth-order valence-corrected chi connectivity index (χ4v) is 1.23. The summed E-state index contributed by atoms with van der Waals surface area (Å²) in [5, 5.41) is 8.45. The fourth-order valence-electron chi connectivity index (χ4n) is 1.23. The Morgan fingerprint density at radius 2 is 2.00 bits per heavy atom. The lowest BCUT2D eigenvalue weighted by molar-refractivity contribution is -0.133. The minimum absolute atomic E-state index is 0.400. The van der Waals surface area contributed by atoms with Crippen molar-refractivity contribution < 1.29 is 10.0 Å². The van der Waals surface area contributed by atoms with Crippen molar-refractivity contribution in [2.75, 3.05) is 0 Å². The number of hydroxylamine groups is 1. The van der Waals surface area contributed by atoms with E-state index in [1.165, 1.54) is 0 Å². The van der Waals surface area contributed by atoms with Gasteiger partial charge in [-0.15, -0.1) is 0 Å². The van der Waals surface area contributed by atoms with Gasteiger partial charge in [0.1, 0.15) is 0 Å². The second-order valence-electron chi connectivity index (χ2n) is 3.20. The molecule has 0 saturated carbocycles. The molecule has 2 atom stereocenters. The Balaban J connectivity index is 2.75. The van der Waals surface area contributed by atoms with Crippen LogP contribution in [0.1, 0.15) is 18.5 Å². The highest BCUT2D eigenvalue weighted by Crippen LogP contribution is 2.18. The van der Waals surface area contributed by atoms with Crippen LogP contribution in [0.25, 0.3) is 0 Å². The molecule has 14 heavy (non-hydrogen) atoms. The Morgan fingerprint density at radius 1 is 1.43 bits per heavy atom. The minimum Gasteiger partial charge on any atom is -0.323 e. The molecule has 0 aliphatic carbocycles. The Morgan fingerprint density at radius 3 is 2.50 bits per heavy atom. The lowest BCUT2D eigenvalue weighted by Gasteiger charge is -2.17. The van der Waals surface area contributed by atoms with Gasteiger partial charge in [0.2, 0.25) is 5.91 Å². The summed E-state index contributed by atoms with van der Waals surface area (Å²) in [7, 11) is 0. The molecule has 4 N–H and O–H groups in total. The number of rotatable bonds is 3. The van der Waals surface area contributed by atoms with Crippen molar-refractivity contribution in [1.29, 1.82) is 0 Å². The van der Waals surface area contributed by atoms with Gasteiger partial charge in [-0.1, -0.05) is 37.3 Å². The van der Waals surface area contributed by atoms with E-state index >= 15 is 0 Å². The van der Waals surface area contributed by atoms with Gasteiger partial charge in [-0.05, 0) is 5.56 Å². The molecule has 1 aromatic carbocycles. The lowest BCUT2D eigenvalue weighted by Crippen LogP contribution is -2.33. The highest BCUT2D eigenvalue weighted by atomic mass is 16.5. The van der Waals surface area contributed by atoms with E-state index in [1.54, 1.807) is 12.4 Å². The molecule has 0 bridgehead atoms. The summed E-state index contributed by atoms with van der Waals surface area (Å²) >= 11 is 0. The predicted octanol–water partition coefficient (Wildman–Crippen LogP) is 0.828. The van der Waals surface area contributed by atoms with Gasteiger partial charge in [0, 0.05) is 6.04 Å². The van der Waals surface area contributed by atoms with Crippen LogP contribution in [0, 0.1) is 5.92 Å². The molecule has 1 amide bonds. The molecule has 0 heterocycles. The number of nitrogens with two attached hydrogens (primary N) is 1. The smallest absolute Gasteiger partial charge is 0.248 e. The van der Waals surface area contributed by atoms with E-state index in [1.807, 2.05) is 30.3 Å². The normalized spacial score (nSPS) is 14.5. The zero-order chi connectivity index (χ0) is 10.6. The molecule has 0 saturated heterocycles. The molecule has 0 spiro atoms. The number of amides is 1. The summed E-state index contributed by atoms with van der Waals surface area (Å²) in [4.78, 5) is 11.1. The Labute approximate surface area is 82.7 Å². The molecule has 0 fully saturated rings. The van der Waals surface area contributed by atoms with Crippen LogP contribution in [0.4, 0.5) is 0 Å². The molecule has 1 rings (SSSR count). The molecule has 0 aliphatic rings. The molecule has 0 aromatic heterocycles. The van der Waals surface area contributed by atoms with E-state index in [0.29, 0.717) is 0 Å². The second kappa shape index (κ2) is 4.74. The van der Waals surface area contributed by atoms with Crippen LogP contribution in [0.5, 0.6) is 0 Å². The van der Waals surface area contributed by atoms with Crippen molar-refractivity contribution in [3.8, 4) is 0 Å². The maximum absolute atomic E-state index is 11.1. The minimum atomic E-state index is -0.471. The monoisotopic (exact) mass is 194 g/mol. The third kappa shape index (κ3) is 2.31. The Hall–Kier alpha value is -1.39. The van der Waals surface area contributed by atoms with Crippen LogP contribution < -0.4 is 11.2 Å². The predicted molar refractivity (Wildman–Crippen MR) is 52.5 cm³/mol. The zero-order valence-electron chi connectivity index (χ0n) is 7.97. The SMILES string of the molecule is CC(C(=O)NO)C(N)c1ccccc1. The first kappa shape index (κ1) is 10.7. The van der Waals surface area contributed by atoms with Gasteiger partial charge in [0.25, 0.3) is 0 Å². The van der Waals surface area contributed by atoms with Crippen LogP contribution in [-0.2, 0) is 4.79 Å². The van der Waals surface area contributed by atoms with E-state index in [2.05, 4.69) is 0 Å². The van der Waals surface area contributed by atoms with Crippen molar-refractivity contribution in [3.05, 3.63) is 35.9 Å². The van der Waals surface area contributed by atoms with E-state index in [9.17, 15) is 4.79 Å². The molecule has 0 radical (unpaired) electrons. The van der Waals surface area contributed by atoms with Crippen LogP contribution in [0.3, 0.4) is 0 Å². The summed E-state index contributed by atoms with van der Waals surface area (Å²) in [6.07, 6.45) is 0.